The van der Waals surface area contributed by atoms with Gasteiger partial charge in [0.1, 0.15) is 0 Å². The zero-order valence-corrected chi connectivity index (χ0v) is 8.46. The fraction of sp³-hybridized carbons (Fsp3) is 1.00. The fourth-order valence-electron chi connectivity index (χ4n) is 1.71. The Morgan fingerprint density at radius 2 is 1.27 bits per heavy atom. The Kier molecular flexibility index (Phi) is 7.75. The standard InChI is InChI=1S/C7H16N2.2ClH/c1-5-2-6(8)4-7(9)3-5;;/h5-7H,2-4,8-9H2,1H3;2*1H. The maximum absolute atomic E-state index is 5.74. The summed E-state index contributed by atoms with van der Waals surface area (Å²) < 4.78 is 0. The Bertz CT molecular complexity index is 75.4. The molecule has 0 heterocycles. The van der Waals surface area contributed by atoms with Crippen LogP contribution >= 0.6 is 24.8 Å². The molecule has 1 saturated carbocycles. The number of nitrogens with two attached hydrogens (primary N) is 2. The molecule has 4 N–H and O–H groups in total. The first-order valence-electron chi connectivity index (χ1n) is 3.69. The van der Waals surface area contributed by atoms with Crippen LogP contribution in [-0.2, 0) is 0 Å². The second kappa shape index (κ2) is 6.06. The van der Waals surface area contributed by atoms with Crippen molar-refractivity contribution in [2.45, 2.75) is 38.3 Å². The summed E-state index contributed by atoms with van der Waals surface area (Å²) in [6, 6.07) is 0.729. The molecule has 0 spiro atoms. The van der Waals surface area contributed by atoms with E-state index in [-0.39, 0.29) is 24.8 Å². The molecule has 2 atom stereocenters. The van der Waals surface area contributed by atoms with Gasteiger partial charge in [0.15, 0.2) is 0 Å². The second-order valence-electron chi connectivity index (χ2n) is 3.33. The van der Waals surface area contributed by atoms with Crippen molar-refractivity contribution in [3.63, 3.8) is 0 Å². The highest BCUT2D eigenvalue weighted by Crippen LogP contribution is 2.21. The minimum Gasteiger partial charge on any atom is -0.328 e. The van der Waals surface area contributed by atoms with Gasteiger partial charge < -0.3 is 11.5 Å². The monoisotopic (exact) mass is 200 g/mol. The molecule has 4 heteroatoms. The van der Waals surface area contributed by atoms with Gasteiger partial charge in [-0.15, -0.1) is 24.8 Å². The minimum atomic E-state index is 0. The molecule has 0 aromatic rings. The van der Waals surface area contributed by atoms with Gasteiger partial charge >= 0.3 is 0 Å². The van der Waals surface area contributed by atoms with E-state index >= 15 is 0 Å². The van der Waals surface area contributed by atoms with E-state index in [4.69, 9.17) is 11.5 Å². The maximum atomic E-state index is 5.74. The van der Waals surface area contributed by atoms with Gasteiger partial charge in [-0.1, -0.05) is 6.92 Å². The molecule has 0 aromatic heterocycles. The molecule has 0 saturated heterocycles. The van der Waals surface area contributed by atoms with Gasteiger partial charge in [-0.2, -0.15) is 0 Å². The Labute approximate surface area is 80.9 Å². The Morgan fingerprint density at radius 1 is 0.909 bits per heavy atom. The van der Waals surface area contributed by atoms with Gasteiger partial charge in [0.2, 0.25) is 0 Å². The van der Waals surface area contributed by atoms with Crippen LogP contribution in [0.3, 0.4) is 0 Å². The molecule has 1 fully saturated rings. The molecule has 1 aliphatic carbocycles. The lowest BCUT2D eigenvalue weighted by Crippen LogP contribution is -2.38. The van der Waals surface area contributed by atoms with Gasteiger partial charge in [-0.05, 0) is 25.2 Å². The number of rotatable bonds is 0. The van der Waals surface area contributed by atoms with Gasteiger partial charge in [-0.3, -0.25) is 0 Å². The summed E-state index contributed by atoms with van der Waals surface area (Å²) in [5, 5.41) is 0. The predicted molar refractivity (Wildman–Crippen MR) is 53.5 cm³/mol. The molecule has 1 aliphatic rings. The van der Waals surface area contributed by atoms with Crippen LogP contribution in [0.1, 0.15) is 26.2 Å². The summed E-state index contributed by atoms with van der Waals surface area (Å²) in [7, 11) is 0. The Hall–Kier alpha value is 0.500. The molecule has 70 valence electrons. The first-order valence-corrected chi connectivity index (χ1v) is 3.69. The molecule has 11 heavy (non-hydrogen) atoms. The average Bonchev–Trinajstić information content (AvgIpc) is 1.59. The molecule has 0 amide bonds. The fourth-order valence-corrected chi connectivity index (χ4v) is 1.71. The van der Waals surface area contributed by atoms with E-state index in [9.17, 15) is 0 Å². The summed E-state index contributed by atoms with van der Waals surface area (Å²) in [6.07, 6.45) is 3.34. The lowest BCUT2D eigenvalue weighted by atomic mass is 9.84. The van der Waals surface area contributed by atoms with Crippen molar-refractivity contribution in [2.24, 2.45) is 17.4 Å². The van der Waals surface area contributed by atoms with Crippen LogP contribution in [0, 0.1) is 5.92 Å². The van der Waals surface area contributed by atoms with E-state index in [0.29, 0.717) is 12.1 Å². The van der Waals surface area contributed by atoms with Crippen LogP contribution in [0.4, 0.5) is 0 Å². The third-order valence-electron chi connectivity index (χ3n) is 2.02. The SMILES string of the molecule is CC1CC(N)CC(N)C1.Cl.Cl. The van der Waals surface area contributed by atoms with E-state index in [1.54, 1.807) is 0 Å². The third kappa shape index (κ3) is 4.86. The van der Waals surface area contributed by atoms with Crippen molar-refractivity contribution in [1.82, 2.24) is 0 Å². The molecule has 0 aromatic carbocycles. The Morgan fingerprint density at radius 3 is 1.55 bits per heavy atom. The van der Waals surface area contributed by atoms with Gasteiger partial charge in [0, 0.05) is 12.1 Å². The van der Waals surface area contributed by atoms with Crippen molar-refractivity contribution >= 4 is 24.8 Å². The van der Waals surface area contributed by atoms with E-state index in [1.807, 2.05) is 0 Å². The molecule has 0 radical (unpaired) electrons. The van der Waals surface area contributed by atoms with Crippen molar-refractivity contribution in [1.29, 1.82) is 0 Å². The average molecular weight is 201 g/mol. The van der Waals surface area contributed by atoms with E-state index in [2.05, 4.69) is 6.92 Å². The molecule has 0 bridgehead atoms. The Balaban J connectivity index is 0. The molecule has 1 rings (SSSR count). The van der Waals surface area contributed by atoms with E-state index < -0.39 is 0 Å². The van der Waals surface area contributed by atoms with Crippen LogP contribution < -0.4 is 11.5 Å². The number of halogens is 2. The quantitative estimate of drug-likeness (QED) is 0.620. The van der Waals surface area contributed by atoms with Crippen molar-refractivity contribution < 1.29 is 0 Å². The summed E-state index contributed by atoms with van der Waals surface area (Å²) in [6.45, 7) is 2.22. The molecule has 2 unspecified atom stereocenters. The highest BCUT2D eigenvalue weighted by molar-refractivity contribution is 5.85. The number of hydrogen-bond acceptors (Lipinski definition) is 2. The third-order valence-corrected chi connectivity index (χ3v) is 2.02. The van der Waals surface area contributed by atoms with E-state index in [0.717, 1.165) is 25.2 Å². The minimum absolute atomic E-state index is 0. The van der Waals surface area contributed by atoms with Crippen LogP contribution in [-0.4, -0.2) is 12.1 Å². The van der Waals surface area contributed by atoms with Crippen LogP contribution in [0.2, 0.25) is 0 Å². The number of hydrogen-bond donors (Lipinski definition) is 2. The van der Waals surface area contributed by atoms with Crippen LogP contribution in [0.5, 0.6) is 0 Å². The van der Waals surface area contributed by atoms with Crippen molar-refractivity contribution in [2.75, 3.05) is 0 Å². The molecule has 2 nitrogen and oxygen atoms in total. The highest BCUT2D eigenvalue weighted by Gasteiger charge is 2.20. The van der Waals surface area contributed by atoms with Crippen LogP contribution in [0.25, 0.3) is 0 Å². The summed E-state index contributed by atoms with van der Waals surface area (Å²) in [5.74, 6) is 0.740. The molecular formula is C7H18Cl2N2. The summed E-state index contributed by atoms with van der Waals surface area (Å²) in [4.78, 5) is 0. The lowest BCUT2D eigenvalue weighted by molar-refractivity contribution is 0.309. The van der Waals surface area contributed by atoms with Gasteiger partial charge in [0.25, 0.3) is 0 Å². The van der Waals surface area contributed by atoms with Crippen LogP contribution in [0.15, 0.2) is 0 Å². The zero-order valence-electron chi connectivity index (χ0n) is 6.82. The smallest absolute Gasteiger partial charge is 0.00561 e. The summed E-state index contributed by atoms with van der Waals surface area (Å²) in [5.41, 5.74) is 11.5. The normalized spacial score (nSPS) is 36.8. The van der Waals surface area contributed by atoms with Gasteiger partial charge in [-0.25, -0.2) is 0 Å². The molecule has 0 aliphatic heterocycles. The highest BCUT2D eigenvalue weighted by atomic mass is 35.5. The second-order valence-corrected chi connectivity index (χ2v) is 3.33. The maximum Gasteiger partial charge on any atom is 0.00561 e. The van der Waals surface area contributed by atoms with Crippen molar-refractivity contribution in [3.8, 4) is 0 Å². The summed E-state index contributed by atoms with van der Waals surface area (Å²) >= 11 is 0. The first kappa shape index (κ1) is 14.0. The first-order chi connectivity index (χ1) is 4.18. The van der Waals surface area contributed by atoms with Gasteiger partial charge in [0.05, 0.1) is 0 Å². The lowest BCUT2D eigenvalue weighted by Gasteiger charge is -2.28. The van der Waals surface area contributed by atoms with Crippen molar-refractivity contribution in [3.05, 3.63) is 0 Å². The van der Waals surface area contributed by atoms with E-state index in [1.165, 1.54) is 0 Å². The predicted octanol–water partition coefficient (Wildman–Crippen LogP) is 1.30. The topological polar surface area (TPSA) is 52.0 Å². The molecular weight excluding hydrogens is 183 g/mol. The zero-order chi connectivity index (χ0) is 6.85. The largest absolute Gasteiger partial charge is 0.328 e.